The fourth-order valence-electron chi connectivity index (χ4n) is 6.00. The highest BCUT2D eigenvalue weighted by Gasteiger charge is 2.38. The van der Waals surface area contributed by atoms with E-state index in [-0.39, 0.29) is 16.9 Å². The second-order valence-electron chi connectivity index (χ2n) is 10.8. The molecule has 4 heterocycles. The van der Waals surface area contributed by atoms with Gasteiger partial charge in [-0.3, -0.25) is 9.59 Å². The van der Waals surface area contributed by atoms with Gasteiger partial charge >= 0.3 is 0 Å². The van der Waals surface area contributed by atoms with Crippen molar-refractivity contribution in [1.82, 2.24) is 9.13 Å². The monoisotopic (exact) mass is 482 g/mol. The average Bonchev–Trinajstić information content (AvgIpc) is 3.31. The van der Waals surface area contributed by atoms with Gasteiger partial charge in [-0.1, -0.05) is 24.3 Å². The van der Waals surface area contributed by atoms with Gasteiger partial charge < -0.3 is 18.6 Å². The van der Waals surface area contributed by atoms with E-state index in [1.165, 1.54) is 0 Å². The molecule has 6 heteroatoms. The van der Waals surface area contributed by atoms with Crippen LogP contribution in [0.2, 0.25) is 0 Å². The Morgan fingerprint density at radius 2 is 1.61 bits per heavy atom. The minimum absolute atomic E-state index is 0.0166. The molecule has 184 valence electrons. The number of ether oxygens (including phenoxy) is 2. The SMILES string of the molecule is C/C(C[C@H]1CC(C)(C)Oc2c1c(=O)n(C)c1ccccc21)=C1/Cc2c(n(C)c3ccccc3c2=O)O1. The smallest absolute Gasteiger partial charge is 0.258 e. The van der Waals surface area contributed by atoms with Gasteiger partial charge in [0, 0.05) is 37.2 Å². The number of nitrogens with zero attached hydrogens (tertiary/aromatic N) is 2. The van der Waals surface area contributed by atoms with Crippen LogP contribution in [0.5, 0.6) is 11.6 Å². The quantitative estimate of drug-likeness (QED) is 0.387. The van der Waals surface area contributed by atoms with Gasteiger partial charge in [0.2, 0.25) is 5.88 Å². The molecule has 2 aromatic carbocycles. The summed E-state index contributed by atoms with van der Waals surface area (Å²) in [5, 5.41) is 1.66. The maximum absolute atomic E-state index is 13.5. The number of aromatic nitrogens is 2. The predicted molar refractivity (Wildman–Crippen MR) is 142 cm³/mol. The summed E-state index contributed by atoms with van der Waals surface area (Å²) >= 11 is 0. The lowest BCUT2D eigenvalue weighted by Crippen LogP contribution is -2.39. The fraction of sp³-hybridized carbons (Fsp3) is 0.333. The summed E-state index contributed by atoms with van der Waals surface area (Å²) in [6, 6.07) is 15.5. The molecule has 0 saturated carbocycles. The van der Waals surface area contributed by atoms with Crippen molar-refractivity contribution in [2.75, 3.05) is 0 Å². The molecule has 0 fully saturated rings. The Bertz CT molecular complexity index is 1720. The third kappa shape index (κ3) is 3.31. The van der Waals surface area contributed by atoms with Crippen LogP contribution in [0.15, 0.2) is 69.5 Å². The number of aryl methyl sites for hydroxylation is 2. The summed E-state index contributed by atoms with van der Waals surface area (Å²) in [5.74, 6) is 2.09. The predicted octanol–water partition coefficient (Wildman–Crippen LogP) is 5.33. The molecular formula is C30H30N2O4. The molecule has 2 aromatic heterocycles. The molecule has 0 amide bonds. The van der Waals surface area contributed by atoms with Crippen molar-refractivity contribution in [3.05, 3.63) is 91.6 Å². The summed E-state index contributed by atoms with van der Waals surface area (Å²) in [7, 11) is 3.76. The first kappa shape index (κ1) is 22.7. The Labute approximate surface area is 209 Å². The molecule has 6 rings (SSSR count). The van der Waals surface area contributed by atoms with E-state index in [0.717, 1.165) is 39.7 Å². The van der Waals surface area contributed by atoms with E-state index in [2.05, 4.69) is 20.8 Å². The van der Waals surface area contributed by atoms with E-state index in [9.17, 15) is 9.59 Å². The average molecular weight is 483 g/mol. The molecule has 2 aliphatic rings. The van der Waals surface area contributed by atoms with Crippen molar-refractivity contribution in [1.29, 1.82) is 0 Å². The van der Waals surface area contributed by atoms with Crippen LogP contribution in [-0.2, 0) is 20.5 Å². The first-order chi connectivity index (χ1) is 17.2. The number of allylic oxidation sites excluding steroid dienone is 2. The molecule has 0 unspecified atom stereocenters. The summed E-state index contributed by atoms with van der Waals surface area (Å²) in [4.78, 5) is 26.8. The first-order valence-electron chi connectivity index (χ1n) is 12.4. The van der Waals surface area contributed by atoms with Crippen molar-refractivity contribution < 1.29 is 9.47 Å². The van der Waals surface area contributed by atoms with Crippen LogP contribution >= 0.6 is 0 Å². The number of fused-ring (bicyclic) bond motifs is 5. The third-order valence-corrected chi connectivity index (χ3v) is 7.75. The zero-order chi connectivity index (χ0) is 25.4. The highest BCUT2D eigenvalue weighted by Crippen LogP contribution is 2.46. The zero-order valence-corrected chi connectivity index (χ0v) is 21.3. The molecule has 0 bridgehead atoms. The normalized spacial score (nSPS) is 19.5. The molecule has 6 nitrogen and oxygen atoms in total. The lowest BCUT2D eigenvalue weighted by Gasteiger charge is -2.38. The van der Waals surface area contributed by atoms with Crippen LogP contribution in [0.1, 0.15) is 50.7 Å². The Morgan fingerprint density at radius 1 is 0.972 bits per heavy atom. The maximum atomic E-state index is 13.5. The van der Waals surface area contributed by atoms with Gasteiger partial charge in [0.25, 0.3) is 5.56 Å². The Hall–Kier alpha value is -3.80. The summed E-state index contributed by atoms with van der Waals surface area (Å²) < 4.78 is 16.4. The highest BCUT2D eigenvalue weighted by molar-refractivity contribution is 5.87. The van der Waals surface area contributed by atoms with Crippen molar-refractivity contribution >= 4 is 21.8 Å². The maximum Gasteiger partial charge on any atom is 0.258 e. The lowest BCUT2D eigenvalue weighted by atomic mass is 9.80. The van der Waals surface area contributed by atoms with Crippen LogP contribution in [0.4, 0.5) is 0 Å². The van der Waals surface area contributed by atoms with E-state index in [1.54, 1.807) is 4.57 Å². The van der Waals surface area contributed by atoms with E-state index in [1.807, 2.05) is 67.2 Å². The Balaban J connectivity index is 1.44. The minimum Gasteiger partial charge on any atom is -0.487 e. The molecule has 2 aliphatic heterocycles. The summed E-state index contributed by atoms with van der Waals surface area (Å²) in [5.41, 5.74) is 3.80. The molecule has 0 N–H and O–H groups in total. The Kier molecular flexibility index (Phi) is 4.94. The van der Waals surface area contributed by atoms with Crippen LogP contribution in [0.3, 0.4) is 0 Å². The molecule has 4 aromatic rings. The molecule has 36 heavy (non-hydrogen) atoms. The third-order valence-electron chi connectivity index (χ3n) is 7.75. The summed E-state index contributed by atoms with van der Waals surface area (Å²) in [6.07, 6.45) is 1.84. The van der Waals surface area contributed by atoms with Crippen LogP contribution < -0.4 is 20.5 Å². The van der Waals surface area contributed by atoms with Crippen molar-refractivity contribution in [2.24, 2.45) is 14.1 Å². The number of rotatable bonds is 2. The summed E-state index contributed by atoms with van der Waals surface area (Å²) in [6.45, 7) is 6.21. The minimum atomic E-state index is -0.413. The molecule has 1 atom stereocenters. The van der Waals surface area contributed by atoms with Gasteiger partial charge in [0.1, 0.15) is 17.1 Å². The number of hydrogen-bond donors (Lipinski definition) is 0. The largest absolute Gasteiger partial charge is 0.487 e. The molecule has 0 aliphatic carbocycles. The van der Waals surface area contributed by atoms with Gasteiger partial charge in [-0.05, 0) is 63.5 Å². The van der Waals surface area contributed by atoms with E-state index in [4.69, 9.17) is 9.47 Å². The number of para-hydroxylation sites is 2. The second-order valence-corrected chi connectivity index (χ2v) is 10.8. The van der Waals surface area contributed by atoms with Gasteiger partial charge in [-0.15, -0.1) is 0 Å². The van der Waals surface area contributed by atoms with Crippen molar-refractivity contribution in [2.45, 2.75) is 51.6 Å². The highest BCUT2D eigenvalue weighted by atomic mass is 16.5. The Morgan fingerprint density at radius 3 is 2.33 bits per heavy atom. The van der Waals surface area contributed by atoms with E-state index >= 15 is 0 Å². The van der Waals surface area contributed by atoms with Gasteiger partial charge in [0.05, 0.1) is 22.2 Å². The van der Waals surface area contributed by atoms with Crippen LogP contribution in [0, 0.1) is 0 Å². The van der Waals surface area contributed by atoms with Crippen LogP contribution in [-0.4, -0.2) is 14.7 Å². The first-order valence-corrected chi connectivity index (χ1v) is 12.4. The number of benzene rings is 2. The second kappa shape index (κ2) is 7.85. The number of hydrogen-bond acceptors (Lipinski definition) is 4. The molecular weight excluding hydrogens is 452 g/mol. The van der Waals surface area contributed by atoms with Crippen LogP contribution in [0.25, 0.3) is 21.8 Å². The van der Waals surface area contributed by atoms with Gasteiger partial charge in [-0.2, -0.15) is 0 Å². The van der Waals surface area contributed by atoms with Gasteiger partial charge in [-0.25, -0.2) is 0 Å². The molecule has 0 spiro atoms. The van der Waals surface area contributed by atoms with Crippen molar-refractivity contribution in [3.63, 3.8) is 0 Å². The zero-order valence-electron chi connectivity index (χ0n) is 21.3. The lowest BCUT2D eigenvalue weighted by molar-refractivity contribution is 0.0729. The molecule has 0 saturated heterocycles. The molecule has 0 radical (unpaired) electrons. The van der Waals surface area contributed by atoms with E-state index in [0.29, 0.717) is 35.4 Å². The topological polar surface area (TPSA) is 62.5 Å². The number of pyridine rings is 2. The van der Waals surface area contributed by atoms with E-state index < -0.39 is 5.60 Å². The van der Waals surface area contributed by atoms with Gasteiger partial charge in [0.15, 0.2) is 5.43 Å². The fourth-order valence-corrected chi connectivity index (χ4v) is 6.00. The van der Waals surface area contributed by atoms with Crippen molar-refractivity contribution in [3.8, 4) is 11.6 Å². The standard InChI is InChI=1S/C30H30N2O4/c1-17(24-15-21-26(33)19-10-6-8-12-22(19)32(5)29(21)35-24)14-18-16-30(2,3)36-27-20-11-7-9-13-23(20)31(4)28(34)25(18)27/h6-13,18H,14-16H2,1-5H3/b24-17+/t18-/m0/s1.